The average Bonchev–Trinajstić information content (AvgIpc) is 3.30. The van der Waals surface area contributed by atoms with Gasteiger partial charge < -0.3 is 4.90 Å². The summed E-state index contributed by atoms with van der Waals surface area (Å²) in [6, 6.07) is 76.5. The molecule has 1 nitrogen and oxygen atoms in total. The van der Waals surface area contributed by atoms with E-state index in [4.69, 9.17) is 0 Å². The van der Waals surface area contributed by atoms with Crippen LogP contribution < -0.4 is 4.90 Å². The molecule has 0 heterocycles. The van der Waals surface area contributed by atoms with Gasteiger partial charge in [0, 0.05) is 17.1 Å². The van der Waals surface area contributed by atoms with E-state index in [1.165, 1.54) is 66.1 Å². The number of allylic oxidation sites excluding steroid dienone is 5. The molecule has 9 aromatic carbocycles. The van der Waals surface area contributed by atoms with Crippen molar-refractivity contribution in [2.75, 3.05) is 4.90 Å². The van der Waals surface area contributed by atoms with Crippen molar-refractivity contribution in [1.82, 2.24) is 0 Å². The molecular weight excluding hydrogens is 711 g/mol. The maximum atomic E-state index is 3.76. The predicted octanol–water partition coefficient (Wildman–Crippen LogP) is 16.8. The Balaban J connectivity index is 0.000000551. The summed E-state index contributed by atoms with van der Waals surface area (Å²) in [6.45, 7) is 7.72. The van der Waals surface area contributed by atoms with Crippen LogP contribution in [0, 0.1) is 0 Å². The van der Waals surface area contributed by atoms with Crippen molar-refractivity contribution in [3.05, 3.63) is 249 Å². The number of anilines is 3. The number of benzene rings is 9. The highest BCUT2D eigenvalue weighted by Gasteiger charge is 2.13. The second-order valence-corrected chi connectivity index (χ2v) is 14.6. The quantitative estimate of drug-likeness (QED) is 0.133. The van der Waals surface area contributed by atoms with Crippen molar-refractivity contribution in [3.8, 4) is 44.5 Å². The van der Waals surface area contributed by atoms with Crippen LogP contribution in [0.5, 0.6) is 0 Å². The topological polar surface area (TPSA) is 3.24 Å². The second-order valence-electron chi connectivity index (χ2n) is 14.6. The van der Waals surface area contributed by atoms with Crippen LogP contribution in [0.4, 0.5) is 17.1 Å². The molecule has 0 saturated carbocycles. The van der Waals surface area contributed by atoms with Crippen molar-refractivity contribution in [1.29, 1.82) is 0 Å². The van der Waals surface area contributed by atoms with Gasteiger partial charge in [-0.15, -0.1) is 0 Å². The third-order valence-corrected chi connectivity index (χ3v) is 10.6. The molecule has 9 rings (SSSR count). The smallest absolute Gasteiger partial charge is 0.0462 e. The van der Waals surface area contributed by atoms with E-state index in [-0.39, 0.29) is 0 Å². The van der Waals surface area contributed by atoms with Gasteiger partial charge in [-0.1, -0.05) is 201 Å². The lowest BCUT2D eigenvalue weighted by Crippen LogP contribution is -2.09. The van der Waals surface area contributed by atoms with Crippen molar-refractivity contribution in [3.63, 3.8) is 0 Å². The summed E-state index contributed by atoms with van der Waals surface area (Å²) >= 11 is 0. The number of hydrogen-bond acceptors (Lipinski definition) is 1. The van der Waals surface area contributed by atoms with E-state index < -0.39 is 0 Å². The summed E-state index contributed by atoms with van der Waals surface area (Å²) in [5.74, 6) is 0. The Morgan fingerprint density at radius 2 is 0.763 bits per heavy atom. The van der Waals surface area contributed by atoms with Crippen LogP contribution in [-0.2, 0) is 0 Å². The number of rotatable bonds is 9. The van der Waals surface area contributed by atoms with E-state index in [0.29, 0.717) is 0 Å². The third-order valence-electron chi connectivity index (χ3n) is 10.6. The zero-order valence-electron chi connectivity index (χ0n) is 33.7. The zero-order chi connectivity index (χ0) is 40.4. The molecule has 0 radical (unpaired) electrons. The molecule has 59 heavy (non-hydrogen) atoms. The molecule has 0 bridgehead atoms. The molecule has 284 valence electrons. The molecule has 0 spiro atoms. The van der Waals surface area contributed by atoms with Gasteiger partial charge in [-0.3, -0.25) is 0 Å². The molecule has 0 saturated heterocycles. The number of para-hydroxylation sites is 1. The first-order valence-electron chi connectivity index (χ1n) is 20.3. The van der Waals surface area contributed by atoms with Gasteiger partial charge in [-0.2, -0.15) is 0 Å². The van der Waals surface area contributed by atoms with Gasteiger partial charge in [0.15, 0.2) is 0 Å². The lowest BCUT2D eigenvalue weighted by atomic mass is 9.96. The van der Waals surface area contributed by atoms with Crippen LogP contribution in [0.3, 0.4) is 0 Å². The van der Waals surface area contributed by atoms with E-state index >= 15 is 0 Å². The molecule has 0 aliphatic rings. The molecular formula is C58H47N. The first-order chi connectivity index (χ1) is 29.1. The van der Waals surface area contributed by atoms with Crippen LogP contribution in [-0.4, -0.2) is 0 Å². The summed E-state index contributed by atoms with van der Waals surface area (Å²) < 4.78 is 0. The third kappa shape index (κ3) is 8.91. The summed E-state index contributed by atoms with van der Waals surface area (Å²) in [6.07, 6.45) is 7.89. The minimum atomic E-state index is 1.05. The molecule has 0 amide bonds. The van der Waals surface area contributed by atoms with Gasteiger partial charge in [0.2, 0.25) is 0 Å². The van der Waals surface area contributed by atoms with Crippen molar-refractivity contribution in [2.45, 2.75) is 13.8 Å². The summed E-state index contributed by atoms with van der Waals surface area (Å²) in [4.78, 5) is 2.32. The highest BCUT2D eigenvalue weighted by molar-refractivity contribution is 5.97. The molecule has 0 N–H and O–H groups in total. The van der Waals surface area contributed by atoms with E-state index in [9.17, 15) is 0 Å². The monoisotopic (exact) mass is 757 g/mol. The maximum absolute atomic E-state index is 3.76. The van der Waals surface area contributed by atoms with E-state index in [0.717, 1.165) is 22.6 Å². The van der Waals surface area contributed by atoms with Crippen LogP contribution in [0.1, 0.15) is 13.8 Å². The number of nitrogens with zero attached hydrogens (tertiary/aromatic N) is 1. The molecule has 0 unspecified atom stereocenters. The van der Waals surface area contributed by atoms with Gasteiger partial charge >= 0.3 is 0 Å². The molecule has 1 heteroatoms. The van der Waals surface area contributed by atoms with Crippen molar-refractivity contribution in [2.24, 2.45) is 0 Å². The Bertz CT molecular complexity index is 2840. The largest absolute Gasteiger partial charge is 0.311 e. The lowest BCUT2D eigenvalue weighted by molar-refractivity contribution is 1.28. The summed E-state index contributed by atoms with van der Waals surface area (Å²) in [7, 11) is 0. The first kappa shape index (κ1) is 38.4. The normalized spacial score (nSPS) is 11.2. The Morgan fingerprint density at radius 3 is 1.32 bits per heavy atom. The fourth-order valence-electron chi connectivity index (χ4n) is 7.66. The number of hydrogen-bond donors (Lipinski definition) is 0. The molecule has 9 aromatic rings. The Morgan fingerprint density at radius 1 is 0.356 bits per heavy atom. The Labute approximate surface area is 349 Å². The molecule has 0 aliphatic carbocycles. The standard InChI is InChI=1S/C50H35N.C8H12/c1-2-13-46(14-3-1)51(47-31-27-39(28-32-47)37-17-19-41(20-18-37)45-26-23-36-9-4-5-11-44(36)35-45)48-33-29-40(30-34-48)38-21-24-43(25-22-38)50-16-8-12-42-10-6-7-15-49(42)50;1-4-6-8(3)7-5-2/h1-35H;4-7H,3H2,1-2H3/b;6-4-,7-5-. The summed E-state index contributed by atoms with van der Waals surface area (Å²) in [5.41, 5.74) is 14.1. The minimum Gasteiger partial charge on any atom is -0.311 e. The number of fused-ring (bicyclic) bond motifs is 2. The van der Waals surface area contributed by atoms with Gasteiger partial charge in [-0.25, -0.2) is 0 Å². The van der Waals surface area contributed by atoms with Crippen LogP contribution >= 0.6 is 0 Å². The first-order valence-corrected chi connectivity index (χ1v) is 20.3. The Kier molecular flexibility index (Phi) is 11.8. The fraction of sp³-hybridized carbons (Fsp3) is 0.0345. The fourth-order valence-corrected chi connectivity index (χ4v) is 7.66. The van der Waals surface area contributed by atoms with E-state index in [1.807, 2.05) is 38.2 Å². The average molecular weight is 758 g/mol. The SMILES string of the molecule is C=C(/C=C\C)/C=C\C.c1ccc(N(c2ccc(-c3ccc(-c4ccc5ccccc5c4)cc3)cc2)c2ccc(-c3ccc(-c4cccc5ccccc45)cc3)cc2)cc1. The van der Waals surface area contributed by atoms with Gasteiger partial charge in [0.25, 0.3) is 0 Å². The maximum Gasteiger partial charge on any atom is 0.0462 e. The molecule has 0 aliphatic heterocycles. The molecule has 0 atom stereocenters. The minimum absolute atomic E-state index is 1.05. The van der Waals surface area contributed by atoms with Crippen LogP contribution in [0.15, 0.2) is 249 Å². The van der Waals surface area contributed by atoms with Crippen LogP contribution in [0.25, 0.3) is 66.1 Å². The molecule has 0 fully saturated rings. The molecule has 0 aromatic heterocycles. The highest BCUT2D eigenvalue weighted by atomic mass is 15.1. The van der Waals surface area contributed by atoms with Crippen molar-refractivity contribution >= 4 is 38.6 Å². The van der Waals surface area contributed by atoms with E-state index in [1.54, 1.807) is 0 Å². The van der Waals surface area contributed by atoms with E-state index in [2.05, 4.69) is 224 Å². The van der Waals surface area contributed by atoms with Gasteiger partial charge in [-0.05, 0) is 128 Å². The predicted molar refractivity (Wildman–Crippen MR) is 257 cm³/mol. The van der Waals surface area contributed by atoms with Crippen molar-refractivity contribution < 1.29 is 0 Å². The highest BCUT2D eigenvalue weighted by Crippen LogP contribution is 2.37. The Hall–Kier alpha value is -7.48. The second kappa shape index (κ2) is 18.2. The van der Waals surface area contributed by atoms with Crippen LogP contribution in [0.2, 0.25) is 0 Å². The van der Waals surface area contributed by atoms with Gasteiger partial charge in [0.1, 0.15) is 0 Å². The zero-order valence-corrected chi connectivity index (χ0v) is 33.7. The lowest BCUT2D eigenvalue weighted by Gasteiger charge is -2.26. The van der Waals surface area contributed by atoms with Gasteiger partial charge in [0.05, 0.1) is 0 Å². The summed E-state index contributed by atoms with van der Waals surface area (Å²) in [5, 5.41) is 5.07.